The van der Waals surface area contributed by atoms with Crippen LogP contribution in [0, 0.1) is 0 Å². The first-order chi connectivity index (χ1) is 9.01. The second kappa shape index (κ2) is 5.65. The van der Waals surface area contributed by atoms with Gasteiger partial charge in [0.2, 0.25) is 5.91 Å². The molecule has 0 atom stereocenters. The van der Waals surface area contributed by atoms with E-state index in [1.807, 2.05) is 25.1 Å². The van der Waals surface area contributed by atoms with Crippen LogP contribution in [0.1, 0.15) is 37.9 Å². The van der Waals surface area contributed by atoms with Crippen LogP contribution in [-0.4, -0.2) is 45.3 Å². The number of likely N-dealkylation sites (N-methyl/N-ethyl adjacent to an activating group) is 1. The van der Waals surface area contributed by atoms with Gasteiger partial charge in [-0.1, -0.05) is 6.92 Å². The summed E-state index contributed by atoms with van der Waals surface area (Å²) in [5.74, 6) is 1.01. The molecule has 5 heteroatoms. The average Bonchev–Trinajstić information content (AvgIpc) is 2.81. The molecule has 0 unspecified atom stereocenters. The summed E-state index contributed by atoms with van der Waals surface area (Å²) >= 11 is 0. The van der Waals surface area contributed by atoms with E-state index in [2.05, 4.69) is 28.7 Å². The van der Waals surface area contributed by atoms with Gasteiger partial charge in [0.1, 0.15) is 5.82 Å². The summed E-state index contributed by atoms with van der Waals surface area (Å²) in [6, 6.07) is 0.375. The first kappa shape index (κ1) is 13.9. The van der Waals surface area contributed by atoms with Crippen LogP contribution in [-0.2, 0) is 24.3 Å². The van der Waals surface area contributed by atoms with Gasteiger partial charge in [-0.15, -0.1) is 0 Å². The summed E-state index contributed by atoms with van der Waals surface area (Å²) in [5, 5.41) is 0. The third-order valence-corrected chi connectivity index (χ3v) is 3.64. The maximum Gasteiger partial charge on any atom is 0.237 e. The van der Waals surface area contributed by atoms with Crippen LogP contribution in [0.25, 0.3) is 0 Å². The van der Waals surface area contributed by atoms with Gasteiger partial charge in [-0.25, -0.2) is 9.97 Å². The van der Waals surface area contributed by atoms with Crippen LogP contribution < -0.4 is 0 Å². The van der Waals surface area contributed by atoms with Gasteiger partial charge in [-0.2, -0.15) is 0 Å². The molecule has 2 heterocycles. The predicted molar refractivity (Wildman–Crippen MR) is 73.4 cm³/mol. The molecule has 0 fully saturated rings. The second-order valence-corrected chi connectivity index (χ2v) is 5.37. The third-order valence-electron chi connectivity index (χ3n) is 3.64. The zero-order valence-corrected chi connectivity index (χ0v) is 12.2. The maximum absolute atomic E-state index is 12.2. The number of carbonyl (C=O) groups is 1. The summed E-state index contributed by atoms with van der Waals surface area (Å²) in [4.78, 5) is 24.9. The van der Waals surface area contributed by atoms with E-state index in [9.17, 15) is 4.79 Å². The fourth-order valence-electron chi connectivity index (χ4n) is 2.04. The number of nitrogens with zero attached hydrogens (tertiary/aromatic N) is 4. The van der Waals surface area contributed by atoms with Gasteiger partial charge >= 0.3 is 0 Å². The van der Waals surface area contributed by atoms with Gasteiger partial charge in [-0.3, -0.25) is 9.69 Å². The highest BCUT2D eigenvalue weighted by molar-refractivity contribution is 5.78. The van der Waals surface area contributed by atoms with Gasteiger partial charge in [-0.05, 0) is 20.9 Å². The molecule has 1 aliphatic heterocycles. The fraction of sp³-hybridized carbons (Fsp3) is 0.643. The first-order valence-corrected chi connectivity index (χ1v) is 6.83. The minimum atomic E-state index is 0.159. The molecule has 1 aliphatic rings. The molecule has 1 aromatic heterocycles. The smallest absolute Gasteiger partial charge is 0.237 e. The van der Waals surface area contributed by atoms with Crippen LogP contribution in [0.5, 0.6) is 0 Å². The van der Waals surface area contributed by atoms with Gasteiger partial charge < -0.3 is 4.90 Å². The number of hydrogen-bond donors (Lipinski definition) is 0. The van der Waals surface area contributed by atoms with Crippen molar-refractivity contribution >= 4 is 5.91 Å². The Kier molecular flexibility index (Phi) is 4.14. The highest BCUT2D eigenvalue weighted by atomic mass is 16.2. The summed E-state index contributed by atoms with van der Waals surface area (Å²) < 4.78 is 0. The van der Waals surface area contributed by atoms with E-state index in [1.165, 1.54) is 0 Å². The lowest BCUT2D eigenvalue weighted by molar-refractivity contribution is -0.133. The van der Waals surface area contributed by atoms with Crippen molar-refractivity contribution < 1.29 is 4.79 Å². The molecule has 0 aromatic carbocycles. The molecule has 1 amide bonds. The van der Waals surface area contributed by atoms with Gasteiger partial charge in [0, 0.05) is 30.8 Å². The molecule has 0 spiro atoms. The number of aromatic nitrogens is 2. The van der Waals surface area contributed by atoms with Crippen molar-refractivity contribution in [2.24, 2.45) is 0 Å². The number of carbonyl (C=O) groups excluding carboxylic acids is 1. The third kappa shape index (κ3) is 3.10. The first-order valence-electron chi connectivity index (χ1n) is 6.83. The summed E-state index contributed by atoms with van der Waals surface area (Å²) in [7, 11) is 1.97. The summed E-state index contributed by atoms with van der Waals surface area (Å²) in [6.07, 6.45) is 2.69. The van der Waals surface area contributed by atoms with Crippen molar-refractivity contribution in [3.8, 4) is 0 Å². The van der Waals surface area contributed by atoms with Gasteiger partial charge in [0.25, 0.3) is 0 Å². The van der Waals surface area contributed by atoms with Crippen molar-refractivity contribution in [3.05, 3.63) is 23.3 Å². The van der Waals surface area contributed by atoms with Crippen LogP contribution in [0.3, 0.4) is 0 Å². The Balaban J connectivity index is 2.01. The van der Waals surface area contributed by atoms with Crippen molar-refractivity contribution in [1.82, 2.24) is 19.8 Å². The lowest BCUT2D eigenvalue weighted by Crippen LogP contribution is -2.38. The average molecular weight is 262 g/mol. The maximum atomic E-state index is 12.2. The predicted octanol–water partition coefficient (Wildman–Crippen LogP) is 1.22. The molecule has 0 bridgehead atoms. The number of rotatable bonds is 4. The molecule has 0 N–H and O–H groups in total. The normalized spacial score (nSPS) is 14.3. The molecule has 1 aromatic rings. The zero-order valence-electron chi connectivity index (χ0n) is 12.2. The lowest BCUT2D eigenvalue weighted by atomic mass is 10.3. The molecule has 0 saturated carbocycles. The molecule has 19 heavy (non-hydrogen) atoms. The Bertz CT molecular complexity index is 473. The van der Waals surface area contributed by atoms with Crippen LogP contribution >= 0.6 is 0 Å². The quantitative estimate of drug-likeness (QED) is 0.818. The van der Waals surface area contributed by atoms with Crippen LogP contribution in [0.15, 0.2) is 6.20 Å². The molecule has 104 valence electrons. The van der Waals surface area contributed by atoms with Crippen molar-refractivity contribution in [3.63, 3.8) is 0 Å². The molecule has 0 aliphatic carbocycles. The van der Waals surface area contributed by atoms with Crippen molar-refractivity contribution in [2.45, 2.75) is 46.3 Å². The van der Waals surface area contributed by atoms with E-state index in [1.54, 1.807) is 0 Å². The molecule has 5 nitrogen and oxygen atoms in total. The number of fused-ring (bicyclic) bond motifs is 1. The highest BCUT2D eigenvalue weighted by Crippen LogP contribution is 2.20. The van der Waals surface area contributed by atoms with E-state index in [0.717, 1.165) is 23.5 Å². The number of hydrogen-bond acceptors (Lipinski definition) is 4. The standard InChI is InChI=1S/C14H22N4O/c1-5-13-15-6-11-7-18(8-12(11)16-13)14(19)9-17(4)10(2)3/h6,10H,5,7-9H2,1-4H3. The Morgan fingerprint density at radius 3 is 2.84 bits per heavy atom. The SMILES string of the molecule is CCc1ncc2c(n1)CN(C(=O)CN(C)C(C)C)C2. The number of amides is 1. The van der Waals surface area contributed by atoms with Gasteiger partial charge in [0.05, 0.1) is 18.8 Å². The molecule has 0 radical (unpaired) electrons. The number of aryl methyl sites for hydroxylation is 1. The Labute approximate surface area is 114 Å². The minimum absolute atomic E-state index is 0.159. The van der Waals surface area contributed by atoms with Crippen molar-refractivity contribution in [1.29, 1.82) is 0 Å². The van der Waals surface area contributed by atoms with Crippen LogP contribution in [0.4, 0.5) is 0 Å². The highest BCUT2D eigenvalue weighted by Gasteiger charge is 2.25. The summed E-state index contributed by atoms with van der Waals surface area (Å²) in [5.41, 5.74) is 2.09. The molecular weight excluding hydrogens is 240 g/mol. The van der Waals surface area contributed by atoms with E-state index in [-0.39, 0.29) is 5.91 Å². The van der Waals surface area contributed by atoms with Crippen LogP contribution in [0.2, 0.25) is 0 Å². The lowest BCUT2D eigenvalue weighted by Gasteiger charge is -2.23. The molecule has 2 rings (SSSR count). The monoisotopic (exact) mass is 262 g/mol. The Morgan fingerprint density at radius 2 is 2.21 bits per heavy atom. The Hall–Kier alpha value is -1.49. The fourth-order valence-corrected chi connectivity index (χ4v) is 2.04. The molecular formula is C14H22N4O. The topological polar surface area (TPSA) is 49.3 Å². The van der Waals surface area contributed by atoms with Gasteiger partial charge in [0.15, 0.2) is 0 Å². The second-order valence-electron chi connectivity index (χ2n) is 5.37. The van der Waals surface area contributed by atoms with Crippen molar-refractivity contribution in [2.75, 3.05) is 13.6 Å². The summed E-state index contributed by atoms with van der Waals surface area (Å²) in [6.45, 7) is 7.94. The van der Waals surface area contributed by atoms with E-state index in [0.29, 0.717) is 25.7 Å². The Morgan fingerprint density at radius 1 is 1.47 bits per heavy atom. The minimum Gasteiger partial charge on any atom is -0.331 e. The largest absolute Gasteiger partial charge is 0.331 e. The van der Waals surface area contributed by atoms with E-state index in [4.69, 9.17) is 0 Å². The van der Waals surface area contributed by atoms with E-state index < -0.39 is 0 Å². The molecule has 0 saturated heterocycles. The zero-order chi connectivity index (χ0) is 14.0. The van der Waals surface area contributed by atoms with E-state index >= 15 is 0 Å².